The van der Waals surface area contributed by atoms with E-state index in [4.69, 9.17) is 18.9 Å². The molecule has 1 fully saturated rings. The van der Waals surface area contributed by atoms with Crippen molar-refractivity contribution < 1.29 is 28.5 Å². The topological polar surface area (TPSA) is 71.1 Å². The molecule has 6 heteroatoms. The molecule has 154 valence electrons. The maximum atomic E-state index is 12.4. The summed E-state index contributed by atoms with van der Waals surface area (Å²) >= 11 is 0. The normalized spacial score (nSPS) is 15.7. The van der Waals surface area contributed by atoms with Gasteiger partial charge in [0.1, 0.15) is 18.1 Å². The van der Waals surface area contributed by atoms with Crippen LogP contribution in [0.4, 0.5) is 0 Å². The number of carbonyl (C=O) groups is 2. The molecule has 1 aliphatic heterocycles. The Labute approximate surface area is 170 Å². The van der Waals surface area contributed by atoms with Gasteiger partial charge in [-0.25, -0.2) is 9.59 Å². The molecule has 2 aromatic carbocycles. The summed E-state index contributed by atoms with van der Waals surface area (Å²) in [7, 11) is 0. The van der Waals surface area contributed by atoms with Gasteiger partial charge in [0.05, 0.1) is 23.8 Å². The zero-order chi connectivity index (χ0) is 20.5. The molecular weight excluding hydrogens is 372 g/mol. The number of unbranched alkanes of at least 4 members (excludes halogenated alkanes) is 1. The van der Waals surface area contributed by atoms with Crippen molar-refractivity contribution >= 4 is 11.9 Å². The molecule has 0 spiro atoms. The van der Waals surface area contributed by atoms with Crippen LogP contribution in [0.3, 0.4) is 0 Å². The third-order valence-electron chi connectivity index (χ3n) is 4.56. The predicted octanol–water partition coefficient (Wildman–Crippen LogP) is 4.42. The van der Waals surface area contributed by atoms with Crippen LogP contribution in [0, 0.1) is 0 Å². The van der Waals surface area contributed by atoms with Crippen LogP contribution in [0.15, 0.2) is 48.5 Å². The van der Waals surface area contributed by atoms with E-state index in [1.807, 2.05) is 0 Å². The van der Waals surface area contributed by atoms with Crippen molar-refractivity contribution in [2.75, 3.05) is 19.8 Å². The summed E-state index contributed by atoms with van der Waals surface area (Å²) in [5.41, 5.74) is 0.729. The van der Waals surface area contributed by atoms with Gasteiger partial charge in [-0.05, 0) is 61.7 Å². The Balaban J connectivity index is 1.54. The summed E-state index contributed by atoms with van der Waals surface area (Å²) in [5.74, 6) is 0.0257. The van der Waals surface area contributed by atoms with Crippen molar-refractivity contribution in [1.29, 1.82) is 0 Å². The lowest BCUT2D eigenvalue weighted by Gasteiger charge is -2.11. The van der Waals surface area contributed by atoms with E-state index in [9.17, 15) is 9.59 Å². The summed E-state index contributed by atoms with van der Waals surface area (Å²) in [5, 5.41) is 0. The highest BCUT2D eigenvalue weighted by atomic mass is 16.6. The minimum atomic E-state index is -0.505. The molecule has 0 N–H and O–H groups in total. The molecule has 1 saturated heterocycles. The highest BCUT2D eigenvalue weighted by Gasteiger charge is 2.18. The van der Waals surface area contributed by atoms with E-state index in [1.54, 1.807) is 42.5 Å². The fourth-order valence-electron chi connectivity index (χ4n) is 2.90. The Bertz CT molecular complexity index is 808. The van der Waals surface area contributed by atoms with E-state index >= 15 is 0 Å². The summed E-state index contributed by atoms with van der Waals surface area (Å²) in [4.78, 5) is 24.6. The molecule has 2 aromatic rings. The van der Waals surface area contributed by atoms with E-state index in [0.717, 1.165) is 25.7 Å². The van der Waals surface area contributed by atoms with Gasteiger partial charge in [0.15, 0.2) is 0 Å². The number of hydrogen-bond acceptors (Lipinski definition) is 6. The lowest BCUT2D eigenvalue weighted by atomic mass is 10.2. The SMILES string of the molecule is CCCCOc1ccc(C(=O)Oc2cccc(C(=O)OCC3CCCO3)c2)cc1. The molecule has 0 amide bonds. The number of hydrogen-bond donors (Lipinski definition) is 0. The third-order valence-corrected chi connectivity index (χ3v) is 4.56. The highest BCUT2D eigenvalue weighted by Crippen LogP contribution is 2.19. The van der Waals surface area contributed by atoms with Crippen molar-refractivity contribution in [1.82, 2.24) is 0 Å². The second-order valence-corrected chi connectivity index (χ2v) is 6.88. The quantitative estimate of drug-likeness (QED) is 0.354. The van der Waals surface area contributed by atoms with Crippen molar-refractivity contribution in [3.05, 3.63) is 59.7 Å². The van der Waals surface area contributed by atoms with Crippen LogP contribution in [-0.2, 0) is 9.47 Å². The minimum Gasteiger partial charge on any atom is -0.494 e. The first-order chi connectivity index (χ1) is 14.2. The predicted molar refractivity (Wildman–Crippen MR) is 108 cm³/mol. The molecular formula is C23H26O6. The van der Waals surface area contributed by atoms with Crippen molar-refractivity contribution in [3.8, 4) is 11.5 Å². The number of benzene rings is 2. The maximum absolute atomic E-state index is 12.4. The molecule has 3 rings (SSSR count). The summed E-state index contributed by atoms with van der Waals surface area (Å²) in [6.07, 6.45) is 3.89. The van der Waals surface area contributed by atoms with Gasteiger partial charge in [-0.15, -0.1) is 0 Å². The average Bonchev–Trinajstić information content (AvgIpc) is 3.26. The van der Waals surface area contributed by atoms with Crippen LogP contribution in [0.5, 0.6) is 11.5 Å². The molecule has 1 atom stereocenters. The van der Waals surface area contributed by atoms with Gasteiger partial charge in [-0.1, -0.05) is 19.4 Å². The molecule has 0 aromatic heterocycles. The molecule has 0 radical (unpaired) electrons. The second kappa shape index (κ2) is 10.6. The van der Waals surface area contributed by atoms with Gasteiger partial charge < -0.3 is 18.9 Å². The molecule has 0 aliphatic carbocycles. The van der Waals surface area contributed by atoms with Crippen LogP contribution in [-0.4, -0.2) is 37.9 Å². The number of rotatable bonds is 9. The standard InChI is InChI=1S/C23H26O6/c1-2-3-13-26-19-11-9-17(10-12-19)23(25)29-20-7-4-6-18(15-20)22(24)28-16-21-8-5-14-27-21/h4,6-7,9-12,15,21H,2-3,5,8,13-14,16H2,1H3. The zero-order valence-electron chi connectivity index (χ0n) is 16.6. The molecule has 0 bridgehead atoms. The fraction of sp³-hybridized carbons (Fsp3) is 0.391. The Morgan fingerprint density at radius 3 is 2.59 bits per heavy atom. The Morgan fingerprint density at radius 2 is 1.86 bits per heavy atom. The lowest BCUT2D eigenvalue weighted by Crippen LogP contribution is -2.18. The molecule has 29 heavy (non-hydrogen) atoms. The van der Waals surface area contributed by atoms with E-state index in [-0.39, 0.29) is 18.5 Å². The molecule has 6 nitrogen and oxygen atoms in total. The first-order valence-corrected chi connectivity index (χ1v) is 9.99. The van der Waals surface area contributed by atoms with Gasteiger partial charge in [0.2, 0.25) is 0 Å². The zero-order valence-corrected chi connectivity index (χ0v) is 16.6. The van der Waals surface area contributed by atoms with E-state index in [0.29, 0.717) is 30.1 Å². The molecule has 0 saturated carbocycles. The summed E-state index contributed by atoms with van der Waals surface area (Å²) in [6, 6.07) is 13.2. The minimum absolute atomic E-state index is 0.0334. The third kappa shape index (κ3) is 6.32. The van der Waals surface area contributed by atoms with E-state index in [2.05, 4.69) is 6.92 Å². The Hall–Kier alpha value is -2.86. The van der Waals surface area contributed by atoms with Crippen molar-refractivity contribution in [2.24, 2.45) is 0 Å². The van der Waals surface area contributed by atoms with E-state index in [1.165, 1.54) is 6.07 Å². The molecule has 1 aliphatic rings. The van der Waals surface area contributed by atoms with Crippen molar-refractivity contribution in [2.45, 2.75) is 38.7 Å². The average molecular weight is 398 g/mol. The first kappa shape index (κ1) is 20.9. The summed E-state index contributed by atoms with van der Waals surface area (Å²) in [6.45, 7) is 3.69. The Morgan fingerprint density at radius 1 is 1.03 bits per heavy atom. The molecule has 1 unspecified atom stereocenters. The van der Waals surface area contributed by atoms with Gasteiger partial charge in [-0.2, -0.15) is 0 Å². The fourth-order valence-corrected chi connectivity index (χ4v) is 2.90. The van der Waals surface area contributed by atoms with Gasteiger partial charge >= 0.3 is 11.9 Å². The number of esters is 2. The van der Waals surface area contributed by atoms with Crippen LogP contribution in [0.2, 0.25) is 0 Å². The maximum Gasteiger partial charge on any atom is 0.343 e. The largest absolute Gasteiger partial charge is 0.494 e. The lowest BCUT2D eigenvalue weighted by molar-refractivity contribution is 0.0161. The smallest absolute Gasteiger partial charge is 0.343 e. The molecule has 1 heterocycles. The van der Waals surface area contributed by atoms with Crippen LogP contribution >= 0.6 is 0 Å². The van der Waals surface area contributed by atoms with Crippen LogP contribution < -0.4 is 9.47 Å². The van der Waals surface area contributed by atoms with Gasteiger partial charge in [0.25, 0.3) is 0 Å². The van der Waals surface area contributed by atoms with Crippen LogP contribution in [0.1, 0.15) is 53.3 Å². The Kier molecular flexibility index (Phi) is 7.64. The van der Waals surface area contributed by atoms with Crippen molar-refractivity contribution in [3.63, 3.8) is 0 Å². The first-order valence-electron chi connectivity index (χ1n) is 9.99. The number of ether oxygens (including phenoxy) is 4. The number of carbonyl (C=O) groups excluding carboxylic acids is 2. The van der Waals surface area contributed by atoms with Gasteiger partial charge in [-0.3, -0.25) is 0 Å². The highest BCUT2D eigenvalue weighted by molar-refractivity contribution is 5.92. The van der Waals surface area contributed by atoms with E-state index < -0.39 is 11.9 Å². The monoisotopic (exact) mass is 398 g/mol. The second-order valence-electron chi connectivity index (χ2n) is 6.88. The van der Waals surface area contributed by atoms with Crippen LogP contribution in [0.25, 0.3) is 0 Å². The summed E-state index contributed by atoms with van der Waals surface area (Å²) < 4.78 is 21.7. The van der Waals surface area contributed by atoms with Gasteiger partial charge in [0, 0.05) is 6.61 Å².